The van der Waals surface area contributed by atoms with Gasteiger partial charge in [0.05, 0.1) is 36.7 Å². The molecule has 8 nitrogen and oxygen atoms in total. The topological polar surface area (TPSA) is 104 Å². The van der Waals surface area contributed by atoms with Gasteiger partial charge in [-0.25, -0.2) is 14.5 Å². The molecule has 0 aliphatic rings. The van der Waals surface area contributed by atoms with Crippen LogP contribution in [0, 0.1) is 17.1 Å². The average Bonchev–Trinajstić information content (AvgIpc) is 3.29. The van der Waals surface area contributed by atoms with Gasteiger partial charge in [-0.15, -0.1) is 0 Å². The molecule has 0 bridgehead atoms. The summed E-state index contributed by atoms with van der Waals surface area (Å²) in [5.41, 5.74) is 1.71. The SMILES string of the molecule is COc1[nH]ncc1Nc1ncc(F)c(-n2ccc3c(C#N)cccc32)n1. The molecule has 26 heavy (non-hydrogen) atoms. The molecule has 0 saturated heterocycles. The molecule has 2 N–H and O–H groups in total. The van der Waals surface area contributed by atoms with Crippen molar-refractivity contribution < 1.29 is 9.13 Å². The molecule has 3 aromatic heterocycles. The number of ether oxygens (including phenoxy) is 1. The monoisotopic (exact) mass is 349 g/mol. The maximum Gasteiger partial charge on any atom is 0.233 e. The third-order valence-corrected chi connectivity index (χ3v) is 3.86. The standard InChI is InChI=1S/C17H12FN7O/c1-26-16-13(9-21-24-16)22-17-20-8-12(18)15(23-17)25-6-5-11-10(7-19)3-2-4-14(11)25/h2-6,8-9H,1H3,(H,21,24)(H,20,22,23). The number of hydrogen-bond acceptors (Lipinski definition) is 6. The van der Waals surface area contributed by atoms with Crippen LogP contribution >= 0.6 is 0 Å². The molecule has 128 valence electrons. The number of nitrogens with zero attached hydrogens (tertiary/aromatic N) is 5. The average molecular weight is 349 g/mol. The van der Waals surface area contributed by atoms with Crippen LogP contribution in [-0.4, -0.2) is 31.8 Å². The van der Waals surface area contributed by atoms with Crippen LogP contribution in [0.2, 0.25) is 0 Å². The third-order valence-electron chi connectivity index (χ3n) is 3.86. The Morgan fingerprint density at radius 3 is 3.00 bits per heavy atom. The number of nitriles is 1. The normalized spacial score (nSPS) is 10.7. The number of aromatic amines is 1. The zero-order chi connectivity index (χ0) is 18.1. The first-order chi connectivity index (χ1) is 12.7. The van der Waals surface area contributed by atoms with Gasteiger partial charge >= 0.3 is 0 Å². The molecule has 0 fully saturated rings. The Hall–Kier alpha value is -3.93. The van der Waals surface area contributed by atoms with Crippen LogP contribution in [0.1, 0.15) is 5.56 Å². The number of hydrogen-bond donors (Lipinski definition) is 2. The number of anilines is 2. The Bertz CT molecular complexity index is 1140. The summed E-state index contributed by atoms with van der Waals surface area (Å²) >= 11 is 0. The lowest BCUT2D eigenvalue weighted by Crippen LogP contribution is -2.05. The molecule has 4 rings (SSSR count). The molecular weight excluding hydrogens is 337 g/mol. The van der Waals surface area contributed by atoms with Gasteiger partial charge < -0.3 is 10.1 Å². The second kappa shape index (κ2) is 6.18. The van der Waals surface area contributed by atoms with E-state index >= 15 is 0 Å². The molecule has 0 amide bonds. The molecule has 0 saturated carbocycles. The van der Waals surface area contributed by atoms with E-state index in [0.717, 1.165) is 11.6 Å². The number of aromatic nitrogens is 5. The molecule has 3 heterocycles. The number of benzene rings is 1. The first kappa shape index (κ1) is 15.6. The first-order valence-electron chi connectivity index (χ1n) is 7.58. The van der Waals surface area contributed by atoms with E-state index in [9.17, 15) is 9.65 Å². The fraction of sp³-hybridized carbons (Fsp3) is 0.0588. The molecule has 1 aromatic carbocycles. The largest absolute Gasteiger partial charge is 0.480 e. The molecule has 0 spiro atoms. The van der Waals surface area contributed by atoms with Crippen molar-refractivity contribution in [3.8, 4) is 17.8 Å². The van der Waals surface area contributed by atoms with Crippen molar-refractivity contribution in [1.29, 1.82) is 5.26 Å². The van der Waals surface area contributed by atoms with Gasteiger partial charge in [0.2, 0.25) is 11.8 Å². The highest BCUT2D eigenvalue weighted by molar-refractivity contribution is 5.87. The zero-order valence-corrected chi connectivity index (χ0v) is 13.6. The van der Waals surface area contributed by atoms with Crippen molar-refractivity contribution in [3.63, 3.8) is 0 Å². The van der Waals surface area contributed by atoms with Gasteiger partial charge in [0.25, 0.3) is 0 Å². The maximum atomic E-state index is 14.4. The molecule has 9 heteroatoms. The summed E-state index contributed by atoms with van der Waals surface area (Å²) < 4.78 is 21.1. The van der Waals surface area contributed by atoms with E-state index < -0.39 is 5.82 Å². The summed E-state index contributed by atoms with van der Waals surface area (Å²) in [4.78, 5) is 8.21. The van der Waals surface area contributed by atoms with Crippen molar-refractivity contribution in [3.05, 3.63) is 54.2 Å². The Balaban J connectivity index is 1.79. The van der Waals surface area contributed by atoms with Crippen molar-refractivity contribution in [2.24, 2.45) is 0 Å². The van der Waals surface area contributed by atoms with Crippen molar-refractivity contribution >= 4 is 22.5 Å². The predicted octanol–water partition coefficient (Wildman–Crippen LogP) is 2.91. The van der Waals surface area contributed by atoms with E-state index in [0.29, 0.717) is 22.6 Å². The minimum Gasteiger partial charge on any atom is -0.480 e. The maximum absolute atomic E-state index is 14.4. The summed E-state index contributed by atoms with van der Waals surface area (Å²) in [5, 5.41) is 19.4. The first-order valence-corrected chi connectivity index (χ1v) is 7.58. The van der Waals surface area contributed by atoms with Crippen LogP contribution in [0.25, 0.3) is 16.7 Å². The fourth-order valence-electron chi connectivity index (χ4n) is 2.68. The highest BCUT2D eigenvalue weighted by Crippen LogP contribution is 2.26. The Morgan fingerprint density at radius 2 is 2.19 bits per heavy atom. The number of nitrogens with one attached hydrogen (secondary N) is 2. The van der Waals surface area contributed by atoms with E-state index in [4.69, 9.17) is 4.74 Å². The molecular formula is C17H12FN7O. The van der Waals surface area contributed by atoms with Crippen LogP contribution in [0.3, 0.4) is 0 Å². The van der Waals surface area contributed by atoms with Gasteiger partial charge in [0.15, 0.2) is 11.6 Å². The van der Waals surface area contributed by atoms with E-state index in [1.165, 1.54) is 13.3 Å². The number of H-pyrrole nitrogens is 1. The summed E-state index contributed by atoms with van der Waals surface area (Å²) in [6.07, 6.45) is 4.26. The molecule has 0 unspecified atom stereocenters. The third kappa shape index (κ3) is 2.50. The Kier molecular flexibility index (Phi) is 3.70. The lowest BCUT2D eigenvalue weighted by atomic mass is 10.1. The summed E-state index contributed by atoms with van der Waals surface area (Å²) in [7, 11) is 1.49. The fourth-order valence-corrected chi connectivity index (χ4v) is 2.68. The summed E-state index contributed by atoms with van der Waals surface area (Å²) in [6, 6.07) is 9.13. The molecule has 0 aliphatic carbocycles. The van der Waals surface area contributed by atoms with Crippen molar-refractivity contribution in [1.82, 2.24) is 24.7 Å². The van der Waals surface area contributed by atoms with Gasteiger partial charge in [0, 0.05) is 11.6 Å². The number of fused-ring (bicyclic) bond motifs is 1. The van der Waals surface area contributed by atoms with Gasteiger partial charge in [-0.2, -0.15) is 15.3 Å². The molecule has 0 radical (unpaired) electrons. The Morgan fingerprint density at radius 1 is 1.31 bits per heavy atom. The van der Waals surface area contributed by atoms with E-state index in [-0.39, 0.29) is 11.8 Å². The van der Waals surface area contributed by atoms with Crippen LogP contribution < -0.4 is 10.1 Å². The van der Waals surface area contributed by atoms with E-state index in [1.807, 2.05) is 0 Å². The minimum atomic E-state index is -0.588. The highest BCUT2D eigenvalue weighted by Gasteiger charge is 2.14. The summed E-state index contributed by atoms with van der Waals surface area (Å²) in [5.74, 6) is 0.0635. The second-order valence-corrected chi connectivity index (χ2v) is 5.34. The highest BCUT2D eigenvalue weighted by atomic mass is 19.1. The molecule has 0 aliphatic heterocycles. The van der Waals surface area contributed by atoms with Gasteiger partial charge in [-0.1, -0.05) is 6.07 Å². The lowest BCUT2D eigenvalue weighted by molar-refractivity contribution is 0.399. The van der Waals surface area contributed by atoms with E-state index in [1.54, 1.807) is 35.0 Å². The van der Waals surface area contributed by atoms with Crippen LogP contribution in [-0.2, 0) is 0 Å². The van der Waals surface area contributed by atoms with Gasteiger partial charge in [-0.05, 0) is 18.2 Å². The number of methoxy groups -OCH3 is 1. The molecule has 4 aromatic rings. The summed E-state index contributed by atoms with van der Waals surface area (Å²) in [6.45, 7) is 0. The van der Waals surface area contributed by atoms with Crippen molar-refractivity contribution in [2.45, 2.75) is 0 Å². The van der Waals surface area contributed by atoms with Crippen LogP contribution in [0.5, 0.6) is 5.88 Å². The lowest BCUT2D eigenvalue weighted by Gasteiger charge is -2.09. The Labute approximate surface area is 146 Å². The van der Waals surface area contributed by atoms with Crippen LogP contribution in [0.15, 0.2) is 42.9 Å². The minimum absolute atomic E-state index is 0.0649. The van der Waals surface area contributed by atoms with Crippen molar-refractivity contribution in [2.75, 3.05) is 12.4 Å². The van der Waals surface area contributed by atoms with Gasteiger partial charge in [0.1, 0.15) is 5.69 Å². The van der Waals surface area contributed by atoms with Gasteiger partial charge in [-0.3, -0.25) is 4.57 Å². The number of halogens is 1. The predicted molar refractivity (Wildman–Crippen MR) is 92.0 cm³/mol. The van der Waals surface area contributed by atoms with E-state index in [2.05, 4.69) is 31.6 Å². The smallest absolute Gasteiger partial charge is 0.233 e. The zero-order valence-electron chi connectivity index (χ0n) is 13.6. The quantitative estimate of drug-likeness (QED) is 0.587. The molecule has 0 atom stereocenters. The number of rotatable bonds is 4. The second-order valence-electron chi connectivity index (χ2n) is 5.34. The van der Waals surface area contributed by atoms with Crippen LogP contribution in [0.4, 0.5) is 16.0 Å².